The van der Waals surface area contributed by atoms with Gasteiger partial charge in [-0.3, -0.25) is 19.3 Å². The number of hydrogen-bond acceptors (Lipinski definition) is 6. The third-order valence-corrected chi connectivity index (χ3v) is 6.15. The minimum atomic E-state index is -0.522. The van der Waals surface area contributed by atoms with Crippen LogP contribution in [0.3, 0.4) is 0 Å². The van der Waals surface area contributed by atoms with Crippen LogP contribution in [0.4, 0.5) is 10.5 Å². The zero-order valence-corrected chi connectivity index (χ0v) is 21.5. The molecule has 0 saturated carbocycles. The average Bonchev–Trinajstić information content (AvgIpc) is 3.00. The number of halogens is 1. The van der Waals surface area contributed by atoms with Crippen LogP contribution >= 0.6 is 27.7 Å². The minimum absolute atomic E-state index is 0.221. The lowest BCUT2D eigenvalue weighted by atomic mass is 10.1. The molecule has 3 rings (SSSR count). The summed E-state index contributed by atoms with van der Waals surface area (Å²) in [6.07, 6.45) is 3.22. The van der Waals surface area contributed by atoms with Gasteiger partial charge >= 0.3 is 0 Å². The van der Waals surface area contributed by atoms with Gasteiger partial charge < -0.3 is 14.8 Å². The van der Waals surface area contributed by atoms with Gasteiger partial charge in [0.25, 0.3) is 11.1 Å². The standard InChI is InChI=1S/C25H25BrN2O5S/c1-5-7-33-23-19(26)11-17(12-20(23)32-6-2)13-21-24(30)28(25(31)34-21)14-22(29)27-18-9-15(3)8-16(4)10-18/h5,8-13H,1,6-7,14H2,2-4H3,(H,27,29)/b21-13+. The highest BCUT2D eigenvalue weighted by atomic mass is 79.9. The van der Waals surface area contributed by atoms with Crippen LogP contribution in [0.5, 0.6) is 11.5 Å². The van der Waals surface area contributed by atoms with Gasteiger partial charge in [-0.2, -0.15) is 0 Å². The first-order chi connectivity index (χ1) is 16.2. The van der Waals surface area contributed by atoms with Crippen LogP contribution in [-0.4, -0.2) is 41.7 Å². The van der Waals surface area contributed by atoms with Gasteiger partial charge in [-0.1, -0.05) is 18.7 Å². The molecule has 2 aromatic carbocycles. The van der Waals surface area contributed by atoms with Crippen molar-refractivity contribution in [3.63, 3.8) is 0 Å². The van der Waals surface area contributed by atoms with Crippen molar-refractivity contribution in [3.8, 4) is 11.5 Å². The Labute approximate surface area is 211 Å². The molecule has 1 aliphatic heterocycles. The molecule has 0 unspecified atom stereocenters. The second-order valence-corrected chi connectivity index (χ2v) is 9.40. The van der Waals surface area contributed by atoms with E-state index < -0.39 is 17.1 Å². The van der Waals surface area contributed by atoms with Gasteiger partial charge in [-0.05, 0) is 95.5 Å². The first kappa shape index (κ1) is 25.6. The summed E-state index contributed by atoms with van der Waals surface area (Å²) in [5, 5.41) is 2.25. The van der Waals surface area contributed by atoms with Gasteiger partial charge in [0.15, 0.2) is 11.5 Å². The monoisotopic (exact) mass is 544 g/mol. The van der Waals surface area contributed by atoms with Crippen LogP contribution in [0.2, 0.25) is 0 Å². The lowest BCUT2D eigenvalue weighted by Gasteiger charge is -2.14. The number of thioether (sulfide) groups is 1. The van der Waals surface area contributed by atoms with Crippen molar-refractivity contribution in [2.45, 2.75) is 20.8 Å². The largest absolute Gasteiger partial charge is 0.490 e. The Morgan fingerprint density at radius 2 is 1.85 bits per heavy atom. The van der Waals surface area contributed by atoms with E-state index in [0.717, 1.165) is 27.8 Å². The van der Waals surface area contributed by atoms with Crippen molar-refractivity contribution >= 4 is 56.5 Å². The summed E-state index contributed by atoms with van der Waals surface area (Å²) in [5.41, 5.74) is 3.27. The number of ether oxygens (including phenoxy) is 2. The Bertz CT molecular complexity index is 1160. The summed E-state index contributed by atoms with van der Waals surface area (Å²) >= 11 is 4.26. The molecule has 7 nitrogen and oxygen atoms in total. The molecule has 1 fully saturated rings. The van der Waals surface area contributed by atoms with Crippen molar-refractivity contribution < 1.29 is 23.9 Å². The number of amides is 3. The second-order valence-electron chi connectivity index (χ2n) is 7.56. The lowest BCUT2D eigenvalue weighted by Crippen LogP contribution is -2.36. The molecule has 0 bridgehead atoms. The van der Waals surface area contributed by atoms with Crippen LogP contribution in [0, 0.1) is 13.8 Å². The smallest absolute Gasteiger partial charge is 0.294 e. The number of nitrogens with one attached hydrogen (secondary N) is 1. The zero-order chi connectivity index (χ0) is 24.8. The number of anilines is 1. The highest BCUT2D eigenvalue weighted by molar-refractivity contribution is 9.10. The number of carbonyl (C=O) groups excluding carboxylic acids is 3. The van der Waals surface area contributed by atoms with Crippen LogP contribution in [-0.2, 0) is 9.59 Å². The second kappa shape index (κ2) is 11.4. The van der Waals surface area contributed by atoms with E-state index in [9.17, 15) is 14.4 Å². The Kier molecular flexibility index (Phi) is 8.57. The first-order valence-electron chi connectivity index (χ1n) is 10.5. The van der Waals surface area contributed by atoms with Crippen molar-refractivity contribution in [2.75, 3.05) is 25.1 Å². The maximum absolute atomic E-state index is 12.9. The Morgan fingerprint density at radius 1 is 1.15 bits per heavy atom. The quantitative estimate of drug-likeness (QED) is 0.321. The molecule has 178 valence electrons. The Morgan fingerprint density at radius 3 is 2.50 bits per heavy atom. The number of imide groups is 1. The molecule has 3 amide bonds. The molecule has 0 spiro atoms. The summed E-state index contributed by atoms with van der Waals surface area (Å²) in [6, 6.07) is 9.14. The highest BCUT2D eigenvalue weighted by Crippen LogP contribution is 2.39. The van der Waals surface area contributed by atoms with Crippen molar-refractivity contribution in [3.05, 3.63) is 69.1 Å². The van der Waals surface area contributed by atoms with Crippen molar-refractivity contribution in [2.24, 2.45) is 0 Å². The van der Waals surface area contributed by atoms with Crippen LogP contribution in [0.1, 0.15) is 23.6 Å². The Hall–Kier alpha value is -3.04. The lowest BCUT2D eigenvalue weighted by molar-refractivity contribution is -0.127. The van der Waals surface area contributed by atoms with Gasteiger partial charge in [0, 0.05) is 5.69 Å². The molecule has 0 radical (unpaired) electrons. The molecule has 0 aliphatic carbocycles. The van der Waals surface area contributed by atoms with E-state index in [2.05, 4.69) is 27.8 Å². The van der Waals surface area contributed by atoms with E-state index in [1.807, 2.05) is 39.0 Å². The molecular weight excluding hydrogens is 520 g/mol. The molecule has 1 N–H and O–H groups in total. The Balaban J connectivity index is 1.77. The molecule has 2 aromatic rings. The fourth-order valence-corrected chi connectivity index (χ4v) is 4.81. The van der Waals surface area contributed by atoms with Gasteiger partial charge in [0.05, 0.1) is 16.0 Å². The maximum atomic E-state index is 12.9. The molecular formula is C25H25BrN2O5S. The van der Waals surface area contributed by atoms with Gasteiger partial charge in [-0.15, -0.1) is 0 Å². The predicted octanol–water partition coefficient (Wildman–Crippen LogP) is 5.70. The number of rotatable bonds is 9. The number of benzene rings is 2. The topological polar surface area (TPSA) is 84.9 Å². The van der Waals surface area contributed by atoms with Gasteiger partial charge in [-0.25, -0.2) is 0 Å². The number of carbonyl (C=O) groups is 3. The maximum Gasteiger partial charge on any atom is 0.294 e. The molecule has 1 saturated heterocycles. The SMILES string of the molecule is C=CCOc1c(Br)cc(/C=C2/SC(=O)N(CC(=O)Nc3cc(C)cc(C)c3)C2=O)cc1OCC. The third kappa shape index (κ3) is 6.30. The molecule has 0 aromatic heterocycles. The van der Waals surface area contributed by atoms with Crippen LogP contribution < -0.4 is 14.8 Å². The molecule has 0 atom stereocenters. The van der Waals surface area contributed by atoms with E-state index in [4.69, 9.17) is 9.47 Å². The molecule has 34 heavy (non-hydrogen) atoms. The highest BCUT2D eigenvalue weighted by Gasteiger charge is 2.36. The fourth-order valence-electron chi connectivity index (χ4n) is 3.40. The average molecular weight is 545 g/mol. The zero-order valence-electron chi connectivity index (χ0n) is 19.1. The van der Waals surface area contributed by atoms with Crippen molar-refractivity contribution in [1.82, 2.24) is 4.90 Å². The predicted molar refractivity (Wildman–Crippen MR) is 138 cm³/mol. The number of aryl methyl sites for hydroxylation is 2. The summed E-state index contributed by atoms with van der Waals surface area (Å²) in [5.74, 6) is 0.0531. The van der Waals surface area contributed by atoms with Gasteiger partial charge in [0.2, 0.25) is 5.91 Å². The van der Waals surface area contributed by atoms with Gasteiger partial charge in [0.1, 0.15) is 13.2 Å². The van der Waals surface area contributed by atoms with E-state index in [0.29, 0.717) is 40.4 Å². The van der Waals surface area contributed by atoms with Crippen LogP contribution in [0.25, 0.3) is 6.08 Å². The molecule has 9 heteroatoms. The van der Waals surface area contributed by atoms with E-state index in [1.54, 1.807) is 24.3 Å². The first-order valence-corrected chi connectivity index (χ1v) is 12.2. The molecule has 1 aliphatic rings. The summed E-state index contributed by atoms with van der Waals surface area (Å²) in [4.78, 5) is 39.0. The summed E-state index contributed by atoms with van der Waals surface area (Å²) in [6.45, 7) is 9.72. The van der Waals surface area contributed by atoms with Crippen molar-refractivity contribution in [1.29, 1.82) is 0 Å². The third-order valence-electron chi connectivity index (χ3n) is 4.66. The number of nitrogens with zero attached hydrogens (tertiary/aromatic N) is 1. The van der Waals surface area contributed by atoms with E-state index >= 15 is 0 Å². The number of hydrogen-bond donors (Lipinski definition) is 1. The normalized spacial score (nSPS) is 14.5. The van der Waals surface area contributed by atoms with E-state index in [1.165, 1.54) is 0 Å². The summed E-state index contributed by atoms with van der Waals surface area (Å²) < 4.78 is 12.0. The minimum Gasteiger partial charge on any atom is -0.490 e. The fraction of sp³-hybridized carbons (Fsp3) is 0.240. The molecule has 1 heterocycles. The van der Waals surface area contributed by atoms with E-state index in [-0.39, 0.29) is 11.4 Å². The van der Waals surface area contributed by atoms with Crippen LogP contribution in [0.15, 0.2) is 52.4 Å². The summed E-state index contributed by atoms with van der Waals surface area (Å²) in [7, 11) is 0.